The third kappa shape index (κ3) is 3.47. The summed E-state index contributed by atoms with van der Waals surface area (Å²) in [6.45, 7) is 2.06. The van der Waals surface area contributed by atoms with Gasteiger partial charge in [0, 0.05) is 23.8 Å². The normalized spacial score (nSPS) is 10.7. The summed E-state index contributed by atoms with van der Waals surface area (Å²) in [5, 5.41) is 4.29. The number of rotatable bonds is 5. The molecule has 1 aromatic heterocycles. The molecule has 28 heavy (non-hydrogen) atoms. The van der Waals surface area contributed by atoms with Crippen molar-refractivity contribution in [1.82, 2.24) is 9.97 Å². The first kappa shape index (κ1) is 17.8. The maximum absolute atomic E-state index is 5.41. The highest BCUT2D eigenvalue weighted by Crippen LogP contribution is 2.32. The lowest BCUT2D eigenvalue weighted by Crippen LogP contribution is -2.13. The van der Waals surface area contributed by atoms with E-state index in [1.807, 2.05) is 61.6 Å². The number of benzene rings is 3. The van der Waals surface area contributed by atoms with E-state index >= 15 is 0 Å². The van der Waals surface area contributed by atoms with E-state index in [1.165, 1.54) is 0 Å². The molecule has 140 valence electrons. The van der Waals surface area contributed by atoms with Crippen LogP contribution in [0, 0.1) is 6.92 Å². The topological polar surface area (TPSA) is 50.3 Å². The Kier molecular flexibility index (Phi) is 4.81. The molecule has 0 aliphatic heterocycles. The molecule has 3 aromatic carbocycles. The Morgan fingerprint density at radius 1 is 0.893 bits per heavy atom. The molecule has 0 unspecified atom stereocenters. The van der Waals surface area contributed by atoms with Crippen LogP contribution in [0.3, 0.4) is 0 Å². The lowest BCUT2D eigenvalue weighted by molar-refractivity contribution is 0.415. The molecule has 4 rings (SSSR count). The van der Waals surface area contributed by atoms with E-state index in [-0.39, 0.29) is 0 Å². The Hall–Kier alpha value is -3.60. The summed E-state index contributed by atoms with van der Waals surface area (Å²) in [5.74, 6) is 2.15. The van der Waals surface area contributed by atoms with Crippen LogP contribution >= 0.6 is 0 Å². The summed E-state index contributed by atoms with van der Waals surface area (Å²) in [6, 6.07) is 24.1. The van der Waals surface area contributed by atoms with Crippen molar-refractivity contribution in [3.8, 4) is 5.75 Å². The van der Waals surface area contributed by atoms with Crippen molar-refractivity contribution in [2.75, 3.05) is 24.4 Å². The summed E-state index contributed by atoms with van der Waals surface area (Å²) < 4.78 is 5.41. The number of methoxy groups -OCH3 is 1. The van der Waals surface area contributed by atoms with E-state index in [1.54, 1.807) is 7.11 Å². The van der Waals surface area contributed by atoms with Crippen LogP contribution in [0.4, 0.5) is 23.1 Å². The van der Waals surface area contributed by atoms with Crippen molar-refractivity contribution in [3.63, 3.8) is 0 Å². The molecule has 0 bridgehead atoms. The molecule has 0 aliphatic carbocycles. The van der Waals surface area contributed by atoms with Crippen LogP contribution < -0.4 is 15.0 Å². The number of nitrogens with zero attached hydrogens (tertiary/aromatic N) is 3. The first-order valence-electron chi connectivity index (χ1n) is 9.13. The van der Waals surface area contributed by atoms with Gasteiger partial charge in [0.15, 0.2) is 0 Å². The minimum Gasteiger partial charge on any atom is -0.497 e. The molecule has 5 heteroatoms. The second-order valence-electron chi connectivity index (χ2n) is 6.59. The van der Waals surface area contributed by atoms with E-state index in [9.17, 15) is 0 Å². The van der Waals surface area contributed by atoms with Crippen molar-refractivity contribution in [2.24, 2.45) is 0 Å². The molecule has 5 nitrogen and oxygen atoms in total. The molecule has 0 atom stereocenters. The summed E-state index contributed by atoms with van der Waals surface area (Å²) in [5.41, 5.74) is 4.03. The molecule has 1 heterocycles. The maximum Gasteiger partial charge on any atom is 0.229 e. The number of hydrogen-bond donors (Lipinski definition) is 1. The first-order valence-corrected chi connectivity index (χ1v) is 9.13. The second kappa shape index (κ2) is 7.56. The molecular formula is C23H22N4O. The number of nitrogens with one attached hydrogen (secondary N) is 1. The average molecular weight is 370 g/mol. The Morgan fingerprint density at radius 2 is 1.64 bits per heavy atom. The van der Waals surface area contributed by atoms with E-state index in [0.29, 0.717) is 5.95 Å². The number of ether oxygens (including phenoxy) is 1. The van der Waals surface area contributed by atoms with Crippen molar-refractivity contribution >= 4 is 34.0 Å². The second-order valence-corrected chi connectivity index (χ2v) is 6.59. The highest BCUT2D eigenvalue weighted by molar-refractivity contribution is 5.93. The highest BCUT2D eigenvalue weighted by Gasteiger charge is 2.14. The van der Waals surface area contributed by atoms with Gasteiger partial charge in [-0.3, -0.25) is 0 Å². The quantitative estimate of drug-likeness (QED) is 0.506. The van der Waals surface area contributed by atoms with E-state index in [2.05, 4.69) is 35.3 Å². The van der Waals surface area contributed by atoms with E-state index in [0.717, 1.165) is 39.4 Å². The predicted octanol–water partition coefficient (Wildman–Crippen LogP) is 5.46. The fourth-order valence-electron chi connectivity index (χ4n) is 3.14. The summed E-state index contributed by atoms with van der Waals surface area (Å²) in [7, 11) is 3.67. The van der Waals surface area contributed by atoms with Gasteiger partial charge in [0.25, 0.3) is 0 Å². The molecule has 0 radical (unpaired) electrons. The third-order valence-corrected chi connectivity index (χ3v) is 4.74. The standard InChI is InChI=1S/C23H22N4O/c1-16-9-7-8-12-20(16)24-23-25-21-14-13-18(28-3)15-19(21)22(26-23)27(2)17-10-5-4-6-11-17/h4-15H,1-3H3,(H,24,25,26). The van der Waals surface area contributed by atoms with Crippen LogP contribution in [-0.4, -0.2) is 24.1 Å². The van der Waals surface area contributed by atoms with E-state index < -0.39 is 0 Å². The maximum atomic E-state index is 5.41. The van der Waals surface area contributed by atoms with Gasteiger partial charge >= 0.3 is 0 Å². The van der Waals surface area contributed by atoms with Crippen LogP contribution in [0.1, 0.15) is 5.56 Å². The zero-order valence-corrected chi connectivity index (χ0v) is 16.2. The zero-order chi connectivity index (χ0) is 19.5. The molecule has 0 fully saturated rings. The minimum atomic E-state index is 0.560. The van der Waals surface area contributed by atoms with Crippen molar-refractivity contribution in [3.05, 3.63) is 78.4 Å². The predicted molar refractivity (Wildman–Crippen MR) is 115 cm³/mol. The van der Waals surface area contributed by atoms with Gasteiger partial charge in [-0.25, -0.2) is 4.98 Å². The van der Waals surface area contributed by atoms with Crippen LogP contribution in [0.2, 0.25) is 0 Å². The SMILES string of the molecule is COc1ccc2nc(Nc3ccccc3C)nc(N(C)c3ccccc3)c2c1. The number of anilines is 4. The van der Waals surface area contributed by atoms with Crippen LogP contribution in [-0.2, 0) is 0 Å². The summed E-state index contributed by atoms with van der Waals surface area (Å²) in [4.78, 5) is 11.6. The van der Waals surface area contributed by atoms with Crippen LogP contribution in [0.15, 0.2) is 72.8 Å². The van der Waals surface area contributed by atoms with Gasteiger partial charge < -0.3 is 15.0 Å². The largest absolute Gasteiger partial charge is 0.497 e. The number of hydrogen-bond acceptors (Lipinski definition) is 5. The summed E-state index contributed by atoms with van der Waals surface area (Å²) in [6.07, 6.45) is 0. The Morgan fingerprint density at radius 3 is 2.39 bits per heavy atom. The minimum absolute atomic E-state index is 0.560. The van der Waals surface area contributed by atoms with Crippen molar-refractivity contribution in [2.45, 2.75) is 6.92 Å². The van der Waals surface area contributed by atoms with E-state index in [4.69, 9.17) is 14.7 Å². The molecule has 0 aliphatic rings. The van der Waals surface area contributed by atoms with Crippen molar-refractivity contribution < 1.29 is 4.74 Å². The van der Waals surface area contributed by atoms with Crippen LogP contribution in [0.25, 0.3) is 10.9 Å². The number of aryl methyl sites for hydroxylation is 1. The van der Waals surface area contributed by atoms with Gasteiger partial charge in [0.2, 0.25) is 5.95 Å². The molecule has 4 aromatic rings. The number of fused-ring (bicyclic) bond motifs is 1. The molecule has 0 amide bonds. The number of para-hydroxylation sites is 2. The third-order valence-electron chi connectivity index (χ3n) is 4.74. The number of aromatic nitrogens is 2. The molecule has 0 spiro atoms. The lowest BCUT2D eigenvalue weighted by atomic mass is 10.2. The van der Waals surface area contributed by atoms with Crippen LogP contribution in [0.5, 0.6) is 5.75 Å². The van der Waals surface area contributed by atoms with Gasteiger partial charge in [-0.15, -0.1) is 0 Å². The fraction of sp³-hybridized carbons (Fsp3) is 0.130. The van der Waals surface area contributed by atoms with Gasteiger partial charge in [-0.2, -0.15) is 4.98 Å². The smallest absolute Gasteiger partial charge is 0.229 e. The fourth-order valence-corrected chi connectivity index (χ4v) is 3.14. The Bertz CT molecular complexity index is 1110. The Balaban J connectivity index is 1.85. The molecule has 1 N–H and O–H groups in total. The summed E-state index contributed by atoms with van der Waals surface area (Å²) >= 11 is 0. The van der Waals surface area contributed by atoms with Gasteiger partial charge in [-0.1, -0.05) is 36.4 Å². The first-order chi connectivity index (χ1) is 13.7. The monoisotopic (exact) mass is 370 g/mol. The van der Waals surface area contributed by atoms with Gasteiger partial charge in [-0.05, 0) is 48.9 Å². The average Bonchev–Trinajstić information content (AvgIpc) is 2.74. The lowest BCUT2D eigenvalue weighted by Gasteiger charge is -2.21. The molecule has 0 saturated carbocycles. The highest BCUT2D eigenvalue weighted by atomic mass is 16.5. The van der Waals surface area contributed by atoms with Gasteiger partial charge in [0.1, 0.15) is 11.6 Å². The zero-order valence-electron chi connectivity index (χ0n) is 16.2. The molecular weight excluding hydrogens is 348 g/mol. The van der Waals surface area contributed by atoms with Crippen molar-refractivity contribution in [1.29, 1.82) is 0 Å². The Labute approximate surface area is 164 Å². The van der Waals surface area contributed by atoms with Gasteiger partial charge in [0.05, 0.1) is 12.6 Å². The molecule has 0 saturated heterocycles.